The van der Waals surface area contributed by atoms with Gasteiger partial charge in [0.1, 0.15) is 11.5 Å². The van der Waals surface area contributed by atoms with Crippen molar-refractivity contribution >= 4 is 28.9 Å². The smallest absolute Gasteiger partial charge is 0.353 e. The van der Waals surface area contributed by atoms with E-state index in [0.29, 0.717) is 0 Å². The molecule has 0 N–H and O–H groups in total. The Bertz CT molecular complexity index is 834. The molecule has 26 heavy (non-hydrogen) atoms. The molecule has 0 saturated carbocycles. The van der Waals surface area contributed by atoms with Gasteiger partial charge < -0.3 is 9.05 Å². The lowest BCUT2D eigenvalue weighted by Gasteiger charge is -2.25. The molecule has 0 aliphatic heterocycles. The van der Waals surface area contributed by atoms with E-state index < -0.39 is 5.69 Å². The molecule has 5 heteroatoms. The highest BCUT2D eigenvalue weighted by atomic mass is 32.9. The Morgan fingerprint density at radius 2 is 1.08 bits per heavy atom. The fourth-order valence-corrected chi connectivity index (χ4v) is 7.24. The standard InChI is InChI=1S/C21H21O2PS2/c1-16-10-4-7-13-19(16)22-24(25,23-20-14-8-5-11-17(20)2)26-21-15-9-6-12-18(21)3/h4-15H,1-3H3. The van der Waals surface area contributed by atoms with Crippen LogP contribution in [0.4, 0.5) is 0 Å². The van der Waals surface area contributed by atoms with Gasteiger partial charge in [0, 0.05) is 16.7 Å². The van der Waals surface area contributed by atoms with E-state index in [0.717, 1.165) is 33.1 Å². The Kier molecular flexibility index (Phi) is 6.08. The molecule has 0 aliphatic rings. The molecule has 3 rings (SSSR count). The highest BCUT2D eigenvalue weighted by Crippen LogP contribution is 2.63. The average Bonchev–Trinajstić information content (AvgIpc) is 2.61. The second-order valence-electron chi connectivity index (χ2n) is 6.02. The highest BCUT2D eigenvalue weighted by Gasteiger charge is 2.27. The van der Waals surface area contributed by atoms with Crippen LogP contribution in [0.15, 0.2) is 77.7 Å². The third kappa shape index (κ3) is 4.70. The lowest BCUT2D eigenvalue weighted by atomic mass is 10.2. The van der Waals surface area contributed by atoms with Crippen LogP contribution in [0.1, 0.15) is 16.7 Å². The Labute approximate surface area is 164 Å². The molecular formula is C21H21O2PS2. The zero-order valence-electron chi connectivity index (χ0n) is 15.0. The van der Waals surface area contributed by atoms with Crippen LogP contribution in [0.2, 0.25) is 0 Å². The molecule has 0 aromatic heterocycles. The summed E-state index contributed by atoms with van der Waals surface area (Å²) in [4.78, 5) is 1.08. The second kappa shape index (κ2) is 8.30. The largest absolute Gasteiger partial charge is 0.428 e. The molecule has 0 radical (unpaired) electrons. The van der Waals surface area contributed by atoms with E-state index >= 15 is 0 Å². The Hall–Kier alpha value is -1.74. The normalized spacial score (nSPS) is 11.2. The van der Waals surface area contributed by atoms with E-state index in [1.165, 1.54) is 11.4 Å². The molecule has 0 saturated heterocycles. The van der Waals surface area contributed by atoms with Crippen molar-refractivity contribution in [3.63, 3.8) is 0 Å². The van der Waals surface area contributed by atoms with Crippen LogP contribution in [-0.4, -0.2) is 0 Å². The SMILES string of the molecule is Cc1ccccc1OP(=S)(Oc1ccccc1C)Sc1ccccc1C. The molecule has 134 valence electrons. The third-order valence-electron chi connectivity index (χ3n) is 3.91. The van der Waals surface area contributed by atoms with Crippen molar-refractivity contribution < 1.29 is 9.05 Å². The van der Waals surface area contributed by atoms with Crippen LogP contribution in [0.3, 0.4) is 0 Å². The summed E-state index contributed by atoms with van der Waals surface area (Å²) < 4.78 is 12.6. The van der Waals surface area contributed by atoms with Crippen LogP contribution in [0, 0.1) is 20.8 Å². The van der Waals surface area contributed by atoms with E-state index in [-0.39, 0.29) is 0 Å². The minimum Gasteiger partial charge on any atom is -0.428 e. The molecule has 0 amide bonds. The summed E-state index contributed by atoms with van der Waals surface area (Å²) in [6, 6.07) is 24.0. The van der Waals surface area contributed by atoms with Crippen molar-refractivity contribution in [3.8, 4) is 11.5 Å². The quantitative estimate of drug-likeness (QED) is 0.411. The maximum Gasteiger partial charge on any atom is 0.353 e. The Balaban J connectivity index is 1.97. The predicted molar refractivity (Wildman–Crippen MR) is 115 cm³/mol. The number of para-hydroxylation sites is 2. The summed E-state index contributed by atoms with van der Waals surface area (Å²) in [6.07, 6.45) is 0. The molecule has 3 aromatic carbocycles. The van der Waals surface area contributed by atoms with Gasteiger partial charge in [0.05, 0.1) is 0 Å². The van der Waals surface area contributed by atoms with Gasteiger partial charge >= 0.3 is 5.69 Å². The first kappa shape index (κ1) is 19.0. The number of hydrogen-bond donors (Lipinski definition) is 0. The lowest BCUT2D eigenvalue weighted by Crippen LogP contribution is -2.00. The maximum atomic E-state index is 6.32. The van der Waals surface area contributed by atoms with Gasteiger partial charge in [-0.1, -0.05) is 54.6 Å². The summed E-state index contributed by atoms with van der Waals surface area (Å²) in [5, 5.41) is 0. The third-order valence-corrected chi connectivity index (χ3v) is 8.46. The van der Waals surface area contributed by atoms with E-state index in [4.69, 9.17) is 20.9 Å². The molecule has 3 aromatic rings. The van der Waals surface area contributed by atoms with Gasteiger partial charge in [0.15, 0.2) is 0 Å². The van der Waals surface area contributed by atoms with Crippen LogP contribution < -0.4 is 9.05 Å². The molecule has 0 bridgehead atoms. The van der Waals surface area contributed by atoms with Gasteiger partial charge in [-0.05, 0) is 67.0 Å². The van der Waals surface area contributed by atoms with Gasteiger partial charge in [0.25, 0.3) is 0 Å². The average molecular weight is 401 g/mol. The summed E-state index contributed by atoms with van der Waals surface area (Å²) in [6.45, 7) is 6.10. The fraction of sp³-hybridized carbons (Fsp3) is 0.143. The molecule has 0 unspecified atom stereocenters. The fourth-order valence-electron chi connectivity index (χ4n) is 2.39. The lowest BCUT2D eigenvalue weighted by molar-refractivity contribution is 0.502. The molecule has 0 heterocycles. The van der Waals surface area contributed by atoms with Crippen LogP contribution in [0.25, 0.3) is 0 Å². The number of aryl methyl sites for hydroxylation is 3. The van der Waals surface area contributed by atoms with Gasteiger partial charge in [-0.25, -0.2) is 0 Å². The summed E-state index contributed by atoms with van der Waals surface area (Å²) in [5.41, 5.74) is 0.529. The van der Waals surface area contributed by atoms with Crippen LogP contribution >= 0.6 is 17.1 Å². The van der Waals surface area contributed by atoms with Gasteiger partial charge in [-0.2, -0.15) is 0 Å². The van der Waals surface area contributed by atoms with Gasteiger partial charge in [-0.15, -0.1) is 0 Å². The number of hydrogen-bond acceptors (Lipinski definition) is 4. The summed E-state index contributed by atoms with van der Waals surface area (Å²) >= 11 is 7.46. The molecular weight excluding hydrogens is 379 g/mol. The first-order valence-electron chi connectivity index (χ1n) is 8.32. The van der Waals surface area contributed by atoms with Crippen molar-refractivity contribution in [1.82, 2.24) is 0 Å². The number of rotatable bonds is 6. The second-order valence-corrected chi connectivity index (χ2v) is 12.0. The molecule has 2 nitrogen and oxygen atoms in total. The Morgan fingerprint density at radius 1 is 0.654 bits per heavy atom. The first-order chi connectivity index (χ1) is 12.5. The van der Waals surface area contributed by atoms with Crippen LogP contribution in [-0.2, 0) is 11.8 Å². The first-order valence-corrected chi connectivity index (χ1v) is 12.4. The van der Waals surface area contributed by atoms with E-state index in [9.17, 15) is 0 Å². The van der Waals surface area contributed by atoms with Crippen molar-refractivity contribution in [2.24, 2.45) is 0 Å². The van der Waals surface area contributed by atoms with E-state index in [1.54, 1.807) is 0 Å². The molecule has 0 spiro atoms. The number of benzene rings is 3. The minimum absolute atomic E-state index is 0.769. The molecule has 0 fully saturated rings. The van der Waals surface area contributed by atoms with Crippen LogP contribution in [0.5, 0.6) is 11.5 Å². The zero-order chi connectivity index (χ0) is 18.6. The monoisotopic (exact) mass is 400 g/mol. The predicted octanol–water partition coefficient (Wildman–Crippen LogP) is 7.09. The van der Waals surface area contributed by atoms with Crippen molar-refractivity contribution in [3.05, 3.63) is 89.5 Å². The van der Waals surface area contributed by atoms with E-state index in [1.807, 2.05) is 74.5 Å². The molecule has 0 aliphatic carbocycles. The van der Waals surface area contributed by atoms with Crippen molar-refractivity contribution in [2.75, 3.05) is 0 Å². The van der Waals surface area contributed by atoms with Crippen molar-refractivity contribution in [1.29, 1.82) is 0 Å². The van der Waals surface area contributed by atoms with Crippen molar-refractivity contribution in [2.45, 2.75) is 25.7 Å². The maximum absolute atomic E-state index is 6.32. The topological polar surface area (TPSA) is 18.5 Å². The minimum atomic E-state index is -2.72. The van der Waals surface area contributed by atoms with E-state index in [2.05, 4.69) is 19.1 Å². The van der Waals surface area contributed by atoms with Gasteiger partial charge in [0.2, 0.25) is 0 Å². The summed E-state index contributed by atoms with van der Waals surface area (Å²) in [7, 11) is 0. The Morgan fingerprint density at radius 3 is 1.54 bits per heavy atom. The van der Waals surface area contributed by atoms with Gasteiger partial charge in [-0.3, -0.25) is 0 Å². The summed E-state index contributed by atoms with van der Waals surface area (Å²) in [5.74, 6) is 1.54. The molecule has 0 atom stereocenters. The highest BCUT2D eigenvalue weighted by molar-refractivity contribution is 8.68. The zero-order valence-corrected chi connectivity index (χ0v) is 17.5.